The maximum absolute atomic E-state index is 14.0. The Morgan fingerprint density at radius 1 is 1.02 bits per heavy atom. The Balaban J connectivity index is 1.14. The number of hydrogen-bond donors (Lipinski definition) is 2. The first-order valence-corrected chi connectivity index (χ1v) is 17.2. The van der Waals surface area contributed by atoms with Gasteiger partial charge >= 0.3 is 12.2 Å². The van der Waals surface area contributed by atoms with Crippen molar-refractivity contribution in [1.82, 2.24) is 19.7 Å². The van der Waals surface area contributed by atoms with Crippen molar-refractivity contribution in [3.63, 3.8) is 0 Å². The molecule has 10 nitrogen and oxygen atoms in total. The number of nitrogens with zero attached hydrogens (tertiary/aromatic N) is 5. The normalized spacial score (nSPS) is 18.3. The summed E-state index contributed by atoms with van der Waals surface area (Å²) in [4.78, 5) is 51.9. The van der Waals surface area contributed by atoms with Crippen LogP contribution in [0.25, 0.3) is 0 Å². The van der Waals surface area contributed by atoms with Crippen LogP contribution in [-0.4, -0.2) is 94.5 Å². The van der Waals surface area contributed by atoms with Gasteiger partial charge in [-0.2, -0.15) is 13.2 Å². The molecule has 0 aliphatic carbocycles. The second kappa shape index (κ2) is 14.2. The number of phenols is 1. The van der Waals surface area contributed by atoms with Crippen molar-refractivity contribution in [2.45, 2.75) is 44.3 Å². The minimum Gasteiger partial charge on any atom is -0.506 e. The van der Waals surface area contributed by atoms with Crippen LogP contribution in [0, 0.1) is 5.92 Å². The summed E-state index contributed by atoms with van der Waals surface area (Å²) >= 11 is 7.54. The minimum atomic E-state index is -4.86. The van der Waals surface area contributed by atoms with Crippen LogP contribution in [0.2, 0.25) is 5.02 Å². The van der Waals surface area contributed by atoms with Gasteiger partial charge in [-0.25, -0.2) is 4.79 Å². The molecule has 3 aromatic rings. The predicted octanol–water partition coefficient (Wildman–Crippen LogP) is 5.50. The van der Waals surface area contributed by atoms with Gasteiger partial charge in [0.25, 0.3) is 0 Å². The zero-order valence-corrected chi connectivity index (χ0v) is 27.7. The number of thiophene rings is 1. The van der Waals surface area contributed by atoms with Crippen LogP contribution in [0.3, 0.4) is 0 Å². The van der Waals surface area contributed by atoms with Crippen molar-refractivity contribution in [1.29, 1.82) is 0 Å². The van der Waals surface area contributed by atoms with Crippen molar-refractivity contribution in [2.75, 3.05) is 56.0 Å². The van der Waals surface area contributed by atoms with E-state index in [4.69, 9.17) is 11.6 Å². The number of alkyl halides is 3. The summed E-state index contributed by atoms with van der Waals surface area (Å²) in [5, 5.41) is 16.5. The van der Waals surface area contributed by atoms with Crippen molar-refractivity contribution >= 4 is 52.2 Å². The standard InChI is InChI=1S/C33H36ClF3N6O4S/c34-27-17-21(16-26(30(27)45)33(35,36)37)15-23(31(46)42-13-11-40(12-14-42)24-1-6-38-7-2-24)18-29(44)41-8-4-25(5-9-41)43-10-3-22-19-48-20-28(22)39-32(43)47/h1-2,6-7,16-17,19-20,23,25,45H,3-5,8-15,18H2,(H,39,47)/t23-/m0/s1. The Morgan fingerprint density at radius 2 is 1.73 bits per heavy atom. The van der Waals surface area contributed by atoms with E-state index in [1.165, 1.54) is 6.07 Å². The van der Waals surface area contributed by atoms with Crippen molar-refractivity contribution in [2.24, 2.45) is 5.92 Å². The first-order valence-electron chi connectivity index (χ1n) is 15.9. The van der Waals surface area contributed by atoms with Crippen LogP contribution >= 0.6 is 22.9 Å². The average Bonchev–Trinajstić information content (AvgIpc) is 3.45. The molecule has 2 saturated heterocycles. The minimum absolute atomic E-state index is 0.0456. The molecule has 6 rings (SSSR count). The van der Waals surface area contributed by atoms with Crippen LogP contribution in [-0.2, 0) is 28.6 Å². The highest BCUT2D eigenvalue weighted by Gasteiger charge is 2.37. The molecule has 2 fully saturated rings. The lowest BCUT2D eigenvalue weighted by molar-refractivity contribution is -0.142. The number of carbonyl (C=O) groups excluding carboxylic acids is 3. The van der Waals surface area contributed by atoms with Gasteiger partial charge in [0.15, 0.2) is 0 Å². The van der Waals surface area contributed by atoms with E-state index in [2.05, 4.69) is 15.2 Å². The van der Waals surface area contributed by atoms with Crippen molar-refractivity contribution < 1.29 is 32.7 Å². The largest absolute Gasteiger partial charge is 0.506 e. The molecule has 0 bridgehead atoms. The number of piperazine rings is 1. The summed E-state index contributed by atoms with van der Waals surface area (Å²) in [6.07, 6.45) is 0.0605. The summed E-state index contributed by atoms with van der Waals surface area (Å²) in [7, 11) is 0. The number of aromatic nitrogens is 1. The molecular weight excluding hydrogens is 669 g/mol. The van der Waals surface area contributed by atoms with E-state index in [-0.39, 0.29) is 42.3 Å². The van der Waals surface area contributed by atoms with Gasteiger partial charge in [-0.05, 0) is 66.5 Å². The van der Waals surface area contributed by atoms with E-state index in [9.17, 15) is 32.7 Å². The van der Waals surface area contributed by atoms with Gasteiger partial charge in [0.2, 0.25) is 11.8 Å². The van der Waals surface area contributed by atoms with Crippen molar-refractivity contribution in [3.05, 3.63) is 69.1 Å². The van der Waals surface area contributed by atoms with Gasteiger partial charge in [0.05, 0.1) is 22.2 Å². The molecule has 0 radical (unpaired) electrons. The molecule has 2 N–H and O–H groups in total. The summed E-state index contributed by atoms with van der Waals surface area (Å²) < 4.78 is 41.1. The molecule has 15 heteroatoms. The van der Waals surface area contributed by atoms with Crippen LogP contribution in [0.5, 0.6) is 5.75 Å². The average molecular weight is 705 g/mol. The zero-order chi connectivity index (χ0) is 34.0. The summed E-state index contributed by atoms with van der Waals surface area (Å²) in [5.41, 5.74) is 1.73. The first kappa shape index (κ1) is 33.8. The number of anilines is 2. The molecule has 0 spiro atoms. The number of phenolic OH excluding ortho intramolecular Hbond substituents is 1. The van der Waals surface area contributed by atoms with E-state index in [1.54, 1.807) is 33.5 Å². The monoisotopic (exact) mass is 704 g/mol. The molecule has 3 aliphatic rings. The van der Waals surface area contributed by atoms with E-state index in [1.807, 2.05) is 27.8 Å². The number of aromatic hydroxyl groups is 1. The number of carbonyl (C=O) groups is 3. The number of fused-ring (bicyclic) bond motifs is 1. The number of pyridine rings is 1. The van der Waals surface area contributed by atoms with Crippen molar-refractivity contribution in [3.8, 4) is 5.75 Å². The van der Waals surface area contributed by atoms with Crippen LogP contribution < -0.4 is 10.2 Å². The second-order valence-corrected chi connectivity index (χ2v) is 13.5. The molecule has 48 heavy (non-hydrogen) atoms. The first-order chi connectivity index (χ1) is 23.0. The molecule has 1 atom stereocenters. The molecule has 1 aromatic carbocycles. The number of urea groups is 1. The smallest absolute Gasteiger partial charge is 0.420 e. The predicted molar refractivity (Wildman–Crippen MR) is 176 cm³/mol. The third-order valence-electron chi connectivity index (χ3n) is 9.42. The number of benzene rings is 1. The number of piperidine rings is 1. The molecule has 0 unspecified atom stereocenters. The second-order valence-electron chi connectivity index (χ2n) is 12.4. The van der Waals surface area contributed by atoms with Crippen LogP contribution in [0.15, 0.2) is 47.4 Å². The van der Waals surface area contributed by atoms with Gasteiger partial charge in [-0.3, -0.25) is 14.6 Å². The van der Waals surface area contributed by atoms with Gasteiger partial charge in [-0.15, -0.1) is 11.3 Å². The Morgan fingerprint density at radius 3 is 2.42 bits per heavy atom. The number of halogens is 4. The Bertz CT molecular complexity index is 1640. The number of nitrogens with one attached hydrogen (secondary N) is 1. The van der Waals surface area contributed by atoms with Gasteiger partial charge in [-0.1, -0.05) is 11.6 Å². The van der Waals surface area contributed by atoms with E-state index < -0.39 is 28.4 Å². The molecule has 5 heterocycles. The number of amides is 4. The van der Waals surface area contributed by atoms with E-state index in [0.29, 0.717) is 58.7 Å². The Hall–Kier alpha value is -4.04. The lowest BCUT2D eigenvalue weighted by Gasteiger charge is -2.39. The fourth-order valence-electron chi connectivity index (χ4n) is 6.79. The maximum Gasteiger partial charge on any atom is 0.420 e. The summed E-state index contributed by atoms with van der Waals surface area (Å²) in [6.45, 7) is 3.22. The highest BCUT2D eigenvalue weighted by Crippen LogP contribution is 2.41. The fourth-order valence-corrected chi connectivity index (χ4v) is 7.86. The third kappa shape index (κ3) is 7.49. The highest BCUT2D eigenvalue weighted by molar-refractivity contribution is 7.08. The number of rotatable bonds is 7. The van der Waals surface area contributed by atoms with Crippen LogP contribution in [0.1, 0.15) is 36.0 Å². The van der Waals surface area contributed by atoms with Crippen LogP contribution in [0.4, 0.5) is 29.3 Å². The number of likely N-dealkylation sites (tertiary alicyclic amines) is 1. The third-order valence-corrected chi connectivity index (χ3v) is 10.5. The van der Waals surface area contributed by atoms with Gasteiger partial charge in [0, 0.05) is 81.7 Å². The lowest BCUT2D eigenvalue weighted by Crippen LogP contribution is -2.52. The maximum atomic E-state index is 14.0. The van der Waals surface area contributed by atoms with Gasteiger partial charge < -0.3 is 30.0 Å². The molecule has 256 valence electrons. The molecular formula is C33H36ClF3N6O4S. The topological polar surface area (TPSA) is 109 Å². The van der Waals surface area contributed by atoms with E-state index in [0.717, 1.165) is 29.4 Å². The summed E-state index contributed by atoms with van der Waals surface area (Å²) in [6, 6.07) is 5.58. The number of hydrogen-bond acceptors (Lipinski definition) is 7. The fraction of sp³-hybridized carbons (Fsp3) is 0.455. The lowest BCUT2D eigenvalue weighted by atomic mass is 9.92. The Kier molecular flexibility index (Phi) is 10.0. The summed E-state index contributed by atoms with van der Waals surface area (Å²) in [5.74, 6) is -2.61. The molecule has 3 aliphatic heterocycles. The molecule has 0 saturated carbocycles. The zero-order valence-electron chi connectivity index (χ0n) is 26.1. The SMILES string of the molecule is O=C(C[C@H](Cc1cc(Cl)c(O)c(C(F)(F)F)c1)C(=O)N1CCN(c2ccncc2)CC1)N1CCC(N2CCc3cscc3NC2=O)CC1. The quantitative estimate of drug-likeness (QED) is 0.337. The van der Waals surface area contributed by atoms with E-state index >= 15 is 0 Å². The highest BCUT2D eigenvalue weighted by atomic mass is 35.5. The molecule has 2 aromatic heterocycles. The Labute approximate surface area is 285 Å². The molecule has 4 amide bonds. The van der Waals surface area contributed by atoms with Gasteiger partial charge in [0.1, 0.15) is 5.75 Å².